The molecule has 3 nitrogen and oxygen atoms in total. The van der Waals surface area contributed by atoms with Crippen LogP contribution in [0.15, 0.2) is 4.42 Å². The number of aromatic nitrogens is 1. The van der Waals surface area contributed by atoms with Crippen LogP contribution >= 0.6 is 0 Å². The Morgan fingerprint density at radius 2 is 2.36 bits per heavy atom. The summed E-state index contributed by atoms with van der Waals surface area (Å²) in [6.07, 6.45) is 4.45. The second kappa shape index (κ2) is 4.01. The maximum Gasteiger partial charge on any atom is 0.285 e. The summed E-state index contributed by atoms with van der Waals surface area (Å²) < 4.78 is 5.01. The Hall–Kier alpha value is -0.990. The molecular formula is C8H13N2O. The highest BCUT2D eigenvalue weighted by atomic mass is 16.4. The molecule has 3 heteroatoms. The van der Waals surface area contributed by atoms with E-state index in [1.165, 1.54) is 0 Å². The molecule has 0 aliphatic heterocycles. The van der Waals surface area contributed by atoms with Crippen LogP contribution in [0.3, 0.4) is 0 Å². The molecule has 1 heterocycles. The second-order valence-electron chi connectivity index (χ2n) is 2.36. The number of anilines is 1. The summed E-state index contributed by atoms with van der Waals surface area (Å²) in [5.41, 5.74) is 0.957. The Balaban J connectivity index is 2.54. The highest BCUT2D eigenvalue weighted by Crippen LogP contribution is 2.12. The third-order valence-electron chi connectivity index (χ3n) is 1.46. The van der Waals surface area contributed by atoms with Crippen molar-refractivity contribution >= 4 is 5.88 Å². The van der Waals surface area contributed by atoms with Gasteiger partial charge in [-0.1, -0.05) is 13.8 Å². The van der Waals surface area contributed by atoms with Crippen LogP contribution in [0.4, 0.5) is 5.88 Å². The first-order chi connectivity index (χ1) is 5.38. The van der Waals surface area contributed by atoms with Crippen LogP contribution in [0.1, 0.15) is 26.0 Å². The number of hydrogen-bond acceptors (Lipinski definition) is 3. The van der Waals surface area contributed by atoms with Gasteiger partial charge in [-0.2, -0.15) is 0 Å². The summed E-state index contributed by atoms with van der Waals surface area (Å²) in [5.74, 6) is 0.773. The van der Waals surface area contributed by atoms with Crippen molar-refractivity contribution in [1.82, 2.24) is 4.98 Å². The normalized spacial score (nSPS) is 10.0. The first-order valence-corrected chi connectivity index (χ1v) is 3.98. The third kappa shape index (κ3) is 1.97. The number of rotatable bonds is 4. The molecule has 1 aromatic heterocycles. The Morgan fingerprint density at radius 1 is 1.55 bits per heavy atom. The molecule has 11 heavy (non-hydrogen) atoms. The van der Waals surface area contributed by atoms with Crippen molar-refractivity contribution in [2.75, 3.05) is 11.9 Å². The molecule has 0 fully saturated rings. The van der Waals surface area contributed by atoms with E-state index in [2.05, 4.69) is 23.6 Å². The van der Waals surface area contributed by atoms with Crippen molar-refractivity contribution in [3.8, 4) is 0 Å². The summed E-state index contributed by atoms with van der Waals surface area (Å²) in [7, 11) is 0. The van der Waals surface area contributed by atoms with Gasteiger partial charge in [0, 0.05) is 6.54 Å². The minimum absolute atomic E-state index is 0.773. The predicted molar refractivity (Wildman–Crippen MR) is 43.5 cm³/mol. The van der Waals surface area contributed by atoms with Gasteiger partial charge in [-0.15, -0.1) is 0 Å². The lowest BCUT2D eigenvalue weighted by Crippen LogP contribution is -2.00. The SMILES string of the molecule is CCCNc1o[c]nc1CC. The Labute approximate surface area is 66.8 Å². The van der Waals surface area contributed by atoms with E-state index in [9.17, 15) is 0 Å². The number of aryl methyl sites for hydroxylation is 1. The monoisotopic (exact) mass is 153 g/mol. The largest absolute Gasteiger partial charge is 0.416 e. The van der Waals surface area contributed by atoms with Gasteiger partial charge in [0.25, 0.3) is 6.39 Å². The maximum absolute atomic E-state index is 5.01. The molecule has 0 amide bonds. The number of nitrogens with zero attached hydrogens (tertiary/aromatic N) is 1. The molecule has 1 radical (unpaired) electrons. The minimum atomic E-state index is 0.773. The fourth-order valence-corrected chi connectivity index (χ4v) is 0.849. The highest BCUT2D eigenvalue weighted by Gasteiger charge is 2.03. The van der Waals surface area contributed by atoms with Crippen molar-refractivity contribution in [2.24, 2.45) is 0 Å². The van der Waals surface area contributed by atoms with Crippen LogP contribution in [-0.4, -0.2) is 11.5 Å². The van der Waals surface area contributed by atoms with E-state index in [4.69, 9.17) is 4.42 Å². The zero-order valence-corrected chi connectivity index (χ0v) is 6.98. The molecular weight excluding hydrogens is 140 g/mol. The van der Waals surface area contributed by atoms with E-state index >= 15 is 0 Å². The summed E-state index contributed by atoms with van der Waals surface area (Å²) in [5, 5.41) is 3.13. The molecule has 0 saturated carbocycles. The number of oxazole rings is 1. The Kier molecular flexibility index (Phi) is 2.95. The molecule has 1 aromatic rings. The van der Waals surface area contributed by atoms with Gasteiger partial charge in [0.15, 0.2) is 0 Å². The van der Waals surface area contributed by atoms with Gasteiger partial charge in [0.2, 0.25) is 5.88 Å². The van der Waals surface area contributed by atoms with Crippen LogP contribution < -0.4 is 5.32 Å². The van der Waals surface area contributed by atoms with E-state index < -0.39 is 0 Å². The maximum atomic E-state index is 5.01. The minimum Gasteiger partial charge on any atom is -0.416 e. The zero-order valence-electron chi connectivity index (χ0n) is 6.98. The number of hydrogen-bond donors (Lipinski definition) is 1. The standard InChI is InChI=1S/C8H13N2O/c1-3-5-9-8-7(4-2)10-6-11-8/h9H,3-5H2,1-2H3. The van der Waals surface area contributed by atoms with Crippen LogP contribution in [0.2, 0.25) is 0 Å². The molecule has 0 aromatic carbocycles. The Morgan fingerprint density at radius 3 is 3.00 bits per heavy atom. The third-order valence-corrected chi connectivity index (χ3v) is 1.46. The van der Waals surface area contributed by atoms with Crippen molar-refractivity contribution in [3.63, 3.8) is 0 Å². The van der Waals surface area contributed by atoms with Crippen molar-refractivity contribution in [1.29, 1.82) is 0 Å². The Bertz CT molecular complexity index is 208. The fraction of sp³-hybridized carbons (Fsp3) is 0.625. The lowest BCUT2D eigenvalue weighted by atomic mass is 10.3. The summed E-state index contributed by atoms with van der Waals surface area (Å²) in [4.78, 5) is 3.93. The number of nitrogens with one attached hydrogen (secondary N) is 1. The van der Waals surface area contributed by atoms with Crippen molar-refractivity contribution in [2.45, 2.75) is 26.7 Å². The molecule has 0 unspecified atom stereocenters. The average molecular weight is 153 g/mol. The van der Waals surface area contributed by atoms with Crippen molar-refractivity contribution in [3.05, 3.63) is 12.1 Å². The average Bonchev–Trinajstić information content (AvgIpc) is 2.47. The quantitative estimate of drug-likeness (QED) is 0.717. The van der Waals surface area contributed by atoms with Gasteiger partial charge >= 0.3 is 0 Å². The van der Waals surface area contributed by atoms with Crippen LogP contribution in [0, 0.1) is 6.39 Å². The van der Waals surface area contributed by atoms with E-state index in [-0.39, 0.29) is 0 Å². The van der Waals surface area contributed by atoms with Gasteiger partial charge in [0.05, 0.1) is 0 Å². The van der Waals surface area contributed by atoms with E-state index in [1.807, 2.05) is 6.92 Å². The molecule has 1 N–H and O–H groups in total. The smallest absolute Gasteiger partial charge is 0.285 e. The molecule has 61 valence electrons. The molecule has 0 saturated heterocycles. The second-order valence-corrected chi connectivity index (χ2v) is 2.36. The molecule has 0 spiro atoms. The van der Waals surface area contributed by atoms with Gasteiger partial charge in [-0.3, -0.25) is 0 Å². The van der Waals surface area contributed by atoms with Crippen LogP contribution in [0.25, 0.3) is 0 Å². The van der Waals surface area contributed by atoms with Crippen LogP contribution in [-0.2, 0) is 6.42 Å². The molecule has 0 aliphatic rings. The fourth-order valence-electron chi connectivity index (χ4n) is 0.849. The van der Waals surface area contributed by atoms with E-state index in [1.54, 1.807) is 0 Å². The lowest BCUT2D eigenvalue weighted by Gasteiger charge is -1.99. The van der Waals surface area contributed by atoms with E-state index in [0.29, 0.717) is 0 Å². The lowest BCUT2D eigenvalue weighted by molar-refractivity contribution is 0.558. The zero-order chi connectivity index (χ0) is 8.10. The molecule has 0 aliphatic carbocycles. The van der Waals surface area contributed by atoms with Crippen molar-refractivity contribution < 1.29 is 4.42 Å². The first-order valence-electron chi connectivity index (χ1n) is 3.98. The molecule has 1 rings (SSSR count). The molecule has 0 atom stereocenters. The summed E-state index contributed by atoms with van der Waals surface area (Å²) >= 11 is 0. The highest BCUT2D eigenvalue weighted by molar-refractivity contribution is 5.35. The van der Waals surface area contributed by atoms with E-state index in [0.717, 1.165) is 31.0 Å². The predicted octanol–water partition coefficient (Wildman–Crippen LogP) is 1.86. The van der Waals surface area contributed by atoms with Gasteiger partial charge in [-0.25, -0.2) is 4.98 Å². The van der Waals surface area contributed by atoms with Gasteiger partial charge in [0.1, 0.15) is 5.69 Å². The van der Waals surface area contributed by atoms with Crippen LogP contribution in [0.5, 0.6) is 0 Å². The molecule has 0 bridgehead atoms. The summed E-state index contributed by atoms with van der Waals surface area (Å²) in [6.45, 7) is 5.08. The summed E-state index contributed by atoms with van der Waals surface area (Å²) in [6, 6.07) is 0. The topological polar surface area (TPSA) is 38.1 Å². The van der Waals surface area contributed by atoms with Gasteiger partial charge < -0.3 is 9.73 Å². The van der Waals surface area contributed by atoms with Gasteiger partial charge in [-0.05, 0) is 12.8 Å². The first kappa shape index (κ1) is 8.11.